The minimum absolute atomic E-state index is 0.311. The standard InChI is InChI=1S/C17H24N2O5S/c1-12(2)10-18-16(20)11-24-17(21)14-6-7-15-13(9-14)5-4-8-19(15)25(3,22)23/h6-7,9,12H,4-5,8,10-11H2,1-3H3,(H,18,20). The normalized spacial score (nSPS) is 14.2. The van der Waals surface area contributed by atoms with Crippen molar-refractivity contribution in [3.05, 3.63) is 29.3 Å². The van der Waals surface area contributed by atoms with Gasteiger partial charge in [0.05, 0.1) is 17.5 Å². The van der Waals surface area contributed by atoms with Crippen LogP contribution in [0.1, 0.15) is 36.2 Å². The molecule has 0 spiro atoms. The molecule has 1 aliphatic rings. The van der Waals surface area contributed by atoms with Crippen molar-refractivity contribution in [3.63, 3.8) is 0 Å². The van der Waals surface area contributed by atoms with Gasteiger partial charge in [0.25, 0.3) is 5.91 Å². The van der Waals surface area contributed by atoms with Crippen LogP contribution in [0.15, 0.2) is 18.2 Å². The van der Waals surface area contributed by atoms with Gasteiger partial charge in [0.2, 0.25) is 10.0 Å². The van der Waals surface area contributed by atoms with Crippen LogP contribution in [-0.2, 0) is 26.0 Å². The molecule has 1 aromatic rings. The number of aryl methyl sites for hydroxylation is 1. The summed E-state index contributed by atoms with van der Waals surface area (Å²) in [5.74, 6) is -0.625. The van der Waals surface area contributed by atoms with Crippen molar-refractivity contribution in [2.45, 2.75) is 26.7 Å². The number of nitrogens with zero attached hydrogens (tertiary/aromatic N) is 1. The Morgan fingerprint density at radius 1 is 1.32 bits per heavy atom. The average molecular weight is 368 g/mol. The monoisotopic (exact) mass is 368 g/mol. The van der Waals surface area contributed by atoms with E-state index in [0.717, 1.165) is 5.56 Å². The highest BCUT2D eigenvalue weighted by molar-refractivity contribution is 7.92. The first-order chi connectivity index (χ1) is 11.7. The first-order valence-electron chi connectivity index (χ1n) is 8.23. The Morgan fingerprint density at radius 3 is 2.68 bits per heavy atom. The predicted molar refractivity (Wildman–Crippen MR) is 95.1 cm³/mol. The molecule has 0 atom stereocenters. The summed E-state index contributed by atoms with van der Waals surface area (Å²) in [7, 11) is -3.34. The van der Waals surface area contributed by atoms with Gasteiger partial charge in [-0.2, -0.15) is 0 Å². The second-order valence-electron chi connectivity index (χ2n) is 6.56. The quantitative estimate of drug-likeness (QED) is 0.765. The van der Waals surface area contributed by atoms with E-state index in [9.17, 15) is 18.0 Å². The number of benzene rings is 1. The minimum Gasteiger partial charge on any atom is -0.452 e. The Bertz CT molecular complexity index is 758. The van der Waals surface area contributed by atoms with Crippen molar-refractivity contribution in [1.29, 1.82) is 0 Å². The summed E-state index contributed by atoms with van der Waals surface area (Å²) in [4.78, 5) is 23.7. The lowest BCUT2D eigenvalue weighted by Crippen LogP contribution is -2.34. The van der Waals surface area contributed by atoms with E-state index in [1.54, 1.807) is 12.1 Å². The lowest BCUT2D eigenvalue weighted by Gasteiger charge is -2.29. The highest BCUT2D eigenvalue weighted by atomic mass is 32.2. The Kier molecular flexibility index (Phi) is 6.05. The molecule has 0 fully saturated rings. The molecule has 1 amide bonds. The first kappa shape index (κ1) is 19.2. The van der Waals surface area contributed by atoms with E-state index in [0.29, 0.717) is 43.1 Å². The summed E-state index contributed by atoms with van der Waals surface area (Å²) >= 11 is 0. The molecule has 0 unspecified atom stereocenters. The van der Waals surface area contributed by atoms with Gasteiger partial charge in [-0.15, -0.1) is 0 Å². The van der Waals surface area contributed by atoms with Crippen LogP contribution in [0.25, 0.3) is 0 Å². The van der Waals surface area contributed by atoms with Gasteiger partial charge < -0.3 is 10.1 Å². The number of esters is 1. The number of carbonyl (C=O) groups excluding carboxylic acids is 2. The van der Waals surface area contributed by atoms with E-state index in [1.165, 1.54) is 16.6 Å². The second kappa shape index (κ2) is 7.86. The lowest BCUT2D eigenvalue weighted by molar-refractivity contribution is -0.124. The van der Waals surface area contributed by atoms with Crippen LogP contribution in [0.2, 0.25) is 0 Å². The van der Waals surface area contributed by atoms with E-state index < -0.39 is 16.0 Å². The van der Waals surface area contributed by atoms with Gasteiger partial charge in [0, 0.05) is 13.1 Å². The average Bonchev–Trinajstić information content (AvgIpc) is 2.55. The third-order valence-corrected chi connectivity index (χ3v) is 5.01. The molecule has 1 N–H and O–H groups in total. The van der Waals surface area contributed by atoms with Crippen molar-refractivity contribution >= 4 is 27.6 Å². The maximum atomic E-state index is 12.1. The zero-order valence-electron chi connectivity index (χ0n) is 14.7. The molecular weight excluding hydrogens is 344 g/mol. The van der Waals surface area contributed by atoms with E-state index in [2.05, 4.69) is 5.32 Å². The number of anilines is 1. The Morgan fingerprint density at radius 2 is 2.04 bits per heavy atom. The molecule has 0 saturated carbocycles. The number of amides is 1. The Hall–Kier alpha value is -2.09. The van der Waals surface area contributed by atoms with Crippen molar-refractivity contribution in [2.24, 2.45) is 5.92 Å². The summed E-state index contributed by atoms with van der Waals surface area (Å²) in [6, 6.07) is 4.78. The van der Waals surface area contributed by atoms with Crippen LogP contribution in [0.5, 0.6) is 0 Å². The van der Waals surface area contributed by atoms with Crippen molar-refractivity contribution in [1.82, 2.24) is 5.32 Å². The highest BCUT2D eigenvalue weighted by Gasteiger charge is 2.25. The van der Waals surface area contributed by atoms with Crippen LogP contribution in [0.3, 0.4) is 0 Å². The number of hydrogen-bond donors (Lipinski definition) is 1. The molecule has 25 heavy (non-hydrogen) atoms. The molecule has 1 aliphatic heterocycles. The number of rotatable bonds is 6. The van der Waals surface area contributed by atoms with Gasteiger partial charge >= 0.3 is 5.97 Å². The molecule has 0 aliphatic carbocycles. The molecule has 2 rings (SSSR count). The van der Waals surface area contributed by atoms with Crippen LogP contribution in [0, 0.1) is 5.92 Å². The summed E-state index contributed by atoms with van der Waals surface area (Å²) < 4.78 is 30.1. The number of nitrogens with one attached hydrogen (secondary N) is 1. The first-order valence-corrected chi connectivity index (χ1v) is 10.1. The van der Waals surface area contributed by atoms with Gasteiger partial charge in [-0.05, 0) is 42.5 Å². The van der Waals surface area contributed by atoms with Gasteiger partial charge in [-0.25, -0.2) is 13.2 Å². The molecule has 7 nitrogen and oxygen atoms in total. The molecule has 138 valence electrons. The summed E-state index contributed by atoms with van der Waals surface area (Å²) in [6.07, 6.45) is 2.55. The fourth-order valence-corrected chi connectivity index (χ4v) is 3.61. The third kappa shape index (κ3) is 5.19. The smallest absolute Gasteiger partial charge is 0.338 e. The largest absolute Gasteiger partial charge is 0.452 e. The van der Waals surface area contributed by atoms with Crippen LogP contribution < -0.4 is 9.62 Å². The van der Waals surface area contributed by atoms with E-state index in [-0.39, 0.29) is 12.5 Å². The highest BCUT2D eigenvalue weighted by Crippen LogP contribution is 2.30. The van der Waals surface area contributed by atoms with E-state index >= 15 is 0 Å². The number of fused-ring (bicyclic) bond motifs is 1. The third-order valence-electron chi connectivity index (χ3n) is 3.83. The number of sulfonamides is 1. The maximum absolute atomic E-state index is 12.1. The fourth-order valence-electron chi connectivity index (χ4n) is 2.62. The minimum atomic E-state index is -3.34. The van der Waals surface area contributed by atoms with Crippen molar-refractivity contribution in [3.8, 4) is 0 Å². The molecule has 1 heterocycles. The maximum Gasteiger partial charge on any atom is 0.338 e. The zero-order chi connectivity index (χ0) is 18.6. The van der Waals surface area contributed by atoms with Gasteiger partial charge in [0.1, 0.15) is 0 Å². The van der Waals surface area contributed by atoms with Crippen molar-refractivity contribution in [2.75, 3.05) is 30.3 Å². The van der Waals surface area contributed by atoms with Crippen molar-refractivity contribution < 1.29 is 22.7 Å². The van der Waals surface area contributed by atoms with Gasteiger partial charge in [-0.1, -0.05) is 13.8 Å². The molecule has 0 bridgehead atoms. The van der Waals surface area contributed by atoms with Gasteiger partial charge in [-0.3, -0.25) is 9.10 Å². The summed E-state index contributed by atoms with van der Waals surface area (Å²) in [5.41, 5.74) is 1.70. The molecular formula is C17H24N2O5S. The lowest BCUT2D eigenvalue weighted by atomic mass is 10.0. The Balaban J connectivity index is 2.04. The van der Waals surface area contributed by atoms with Gasteiger partial charge in [0.15, 0.2) is 6.61 Å². The molecule has 0 saturated heterocycles. The number of carbonyl (C=O) groups is 2. The molecule has 0 aromatic heterocycles. The Labute approximate surface area is 148 Å². The van der Waals surface area contributed by atoms with Crippen LogP contribution >= 0.6 is 0 Å². The SMILES string of the molecule is CC(C)CNC(=O)COC(=O)c1ccc2c(c1)CCCN2S(C)(=O)=O. The zero-order valence-corrected chi connectivity index (χ0v) is 15.6. The fraction of sp³-hybridized carbons (Fsp3) is 0.529. The number of hydrogen-bond acceptors (Lipinski definition) is 5. The molecule has 0 radical (unpaired) electrons. The summed E-state index contributed by atoms with van der Waals surface area (Å²) in [6.45, 7) is 4.57. The summed E-state index contributed by atoms with van der Waals surface area (Å²) in [5, 5.41) is 2.67. The predicted octanol–water partition coefficient (Wildman–Crippen LogP) is 1.33. The topological polar surface area (TPSA) is 92.8 Å². The van der Waals surface area contributed by atoms with Crippen LogP contribution in [-0.4, -0.2) is 46.2 Å². The number of ether oxygens (including phenoxy) is 1. The molecule has 8 heteroatoms. The molecule has 1 aromatic carbocycles. The van der Waals surface area contributed by atoms with E-state index in [4.69, 9.17) is 4.74 Å². The van der Waals surface area contributed by atoms with E-state index in [1.807, 2.05) is 13.8 Å². The van der Waals surface area contributed by atoms with Crippen LogP contribution in [0.4, 0.5) is 5.69 Å². The second-order valence-corrected chi connectivity index (χ2v) is 8.46.